The number of para-hydroxylation sites is 1. The fourth-order valence-electron chi connectivity index (χ4n) is 3.82. The van der Waals surface area contributed by atoms with Crippen molar-refractivity contribution in [2.75, 3.05) is 25.3 Å². The molecule has 4 aromatic rings. The zero-order valence-electron chi connectivity index (χ0n) is 21.8. The van der Waals surface area contributed by atoms with Gasteiger partial charge in [-0.15, -0.1) is 21.5 Å². The summed E-state index contributed by atoms with van der Waals surface area (Å²) in [6.07, 6.45) is -0.411. The van der Waals surface area contributed by atoms with E-state index in [0.717, 1.165) is 5.56 Å². The molecule has 1 amide bonds. The molecule has 4 rings (SSSR count). The Hall–Kier alpha value is -3.54. The molecule has 2 aromatic heterocycles. The molecular formula is C27H27ClN4O5S2. The van der Waals surface area contributed by atoms with E-state index in [0.29, 0.717) is 50.2 Å². The maximum Gasteiger partial charge on any atom is 0.341 e. The molecule has 1 unspecified atom stereocenters. The first-order valence-electron chi connectivity index (χ1n) is 12.0. The van der Waals surface area contributed by atoms with Gasteiger partial charge in [-0.25, -0.2) is 4.79 Å². The zero-order valence-corrected chi connectivity index (χ0v) is 24.2. The Morgan fingerprint density at radius 3 is 2.54 bits per heavy atom. The Balaban J connectivity index is 1.46. The van der Waals surface area contributed by atoms with E-state index in [2.05, 4.69) is 15.5 Å². The van der Waals surface area contributed by atoms with Crippen LogP contribution in [0.15, 0.2) is 59.1 Å². The topological polar surface area (TPSA) is 105 Å². The van der Waals surface area contributed by atoms with E-state index in [1.807, 2.05) is 48.1 Å². The van der Waals surface area contributed by atoms with E-state index in [4.69, 9.17) is 25.8 Å². The molecule has 0 spiro atoms. The summed E-state index contributed by atoms with van der Waals surface area (Å²) in [7, 11) is 2.90. The molecule has 0 saturated carbocycles. The zero-order chi connectivity index (χ0) is 27.9. The molecule has 0 radical (unpaired) electrons. The van der Waals surface area contributed by atoms with Gasteiger partial charge in [-0.2, -0.15) is 0 Å². The molecular weight excluding hydrogens is 560 g/mol. The normalized spacial score (nSPS) is 11.6. The predicted molar refractivity (Wildman–Crippen MR) is 153 cm³/mol. The second kappa shape index (κ2) is 13.0. The second-order valence-corrected chi connectivity index (χ2v) is 10.4. The number of esters is 1. The fraction of sp³-hybridized carbons (Fsp3) is 0.259. The Bertz CT molecular complexity index is 1450. The highest BCUT2D eigenvalue weighted by Crippen LogP contribution is 2.37. The molecule has 1 atom stereocenters. The standard InChI is InChI=1S/C27H27ClN4O5S2/c1-5-32-24(16(2)37-21-9-7-6-8-20(21)28)30-31-27(32)39-15-22(33)29-25-23(26(34)36-4)19(14-38-25)17-10-12-18(35-3)13-11-17/h6-14,16H,5,15H2,1-4H3,(H,29,33). The molecule has 0 aliphatic heterocycles. The van der Waals surface area contributed by atoms with Gasteiger partial charge in [-0.1, -0.05) is 47.6 Å². The molecule has 0 fully saturated rings. The fourth-order valence-corrected chi connectivity index (χ4v) is 5.78. The van der Waals surface area contributed by atoms with Crippen LogP contribution in [0.2, 0.25) is 5.02 Å². The van der Waals surface area contributed by atoms with Crippen molar-refractivity contribution in [2.45, 2.75) is 31.7 Å². The van der Waals surface area contributed by atoms with Crippen LogP contribution in [0.3, 0.4) is 0 Å². The minimum absolute atomic E-state index is 0.0638. The number of hydrogen-bond donors (Lipinski definition) is 1. The smallest absolute Gasteiger partial charge is 0.341 e. The summed E-state index contributed by atoms with van der Waals surface area (Å²) < 4.78 is 18.1. The van der Waals surface area contributed by atoms with Crippen LogP contribution in [0.5, 0.6) is 11.5 Å². The van der Waals surface area contributed by atoms with Crippen LogP contribution >= 0.6 is 34.7 Å². The van der Waals surface area contributed by atoms with Crippen molar-refractivity contribution >= 4 is 51.6 Å². The summed E-state index contributed by atoms with van der Waals surface area (Å²) in [6.45, 7) is 4.42. The van der Waals surface area contributed by atoms with Gasteiger partial charge in [-0.3, -0.25) is 4.79 Å². The van der Waals surface area contributed by atoms with Crippen LogP contribution in [-0.2, 0) is 16.1 Å². The lowest BCUT2D eigenvalue weighted by molar-refractivity contribution is -0.113. The first kappa shape index (κ1) is 28.5. The molecule has 2 aromatic carbocycles. The van der Waals surface area contributed by atoms with Crippen molar-refractivity contribution < 1.29 is 23.8 Å². The number of carbonyl (C=O) groups excluding carboxylic acids is 2. The number of thioether (sulfide) groups is 1. The number of nitrogens with one attached hydrogen (secondary N) is 1. The maximum absolute atomic E-state index is 12.9. The van der Waals surface area contributed by atoms with Crippen molar-refractivity contribution in [3.05, 3.63) is 70.3 Å². The highest BCUT2D eigenvalue weighted by molar-refractivity contribution is 7.99. The number of halogens is 1. The largest absolute Gasteiger partial charge is 0.497 e. The van der Waals surface area contributed by atoms with Gasteiger partial charge in [0.25, 0.3) is 0 Å². The van der Waals surface area contributed by atoms with Gasteiger partial charge < -0.3 is 24.1 Å². The minimum Gasteiger partial charge on any atom is -0.497 e. The number of nitrogens with zero attached hydrogens (tertiary/aromatic N) is 3. The molecule has 1 N–H and O–H groups in total. The van der Waals surface area contributed by atoms with Gasteiger partial charge in [0, 0.05) is 17.5 Å². The van der Waals surface area contributed by atoms with E-state index in [1.165, 1.54) is 30.2 Å². The maximum atomic E-state index is 12.9. The number of thiophene rings is 1. The second-order valence-electron chi connectivity index (χ2n) is 8.19. The third-order valence-corrected chi connectivity index (χ3v) is 7.91. The van der Waals surface area contributed by atoms with Gasteiger partial charge in [0.05, 0.1) is 25.0 Å². The van der Waals surface area contributed by atoms with Crippen LogP contribution in [-0.4, -0.2) is 46.6 Å². The molecule has 0 bridgehead atoms. The lowest BCUT2D eigenvalue weighted by Gasteiger charge is -2.16. The highest BCUT2D eigenvalue weighted by atomic mass is 35.5. The molecule has 0 aliphatic rings. The van der Waals surface area contributed by atoms with Gasteiger partial charge >= 0.3 is 5.97 Å². The van der Waals surface area contributed by atoms with Crippen LogP contribution in [0.25, 0.3) is 11.1 Å². The van der Waals surface area contributed by atoms with Gasteiger partial charge in [0.15, 0.2) is 17.1 Å². The molecule has 9 nitrogen and oxygen atoms in total. The highest BCUT2D eigenvalue weighted by Gasteiger charge is 2.24. The number of benzene rings is 2. The van der Waals surface area contributed by atoms with Crippen LogP contribution in [0, 0.1) is 0 Å². The average molecular weight is 587 g/mol. The van der Waals surface area contributed by atoms with E-state index in [1.54, 1.807) is 31.4 Å². The lowest BCUT2D eigenvalue weighted by atomic mass is 10.0. The van der Waals surface area contributed by atoms with Crippen LogP contribution in [0.1, 0.15) is 36.1 Å². The Morgan fingerprint density at radius 1 is 1.13 bits per heavy atom. The molecule has 2 heterocycles. The first-order valence-corrected chi connectivity index (χ1v) is 14.2. The monoisotopic (exact) mass is 586 g/mol. The van der Waals surface area contributed by atoms with E-state index < -0.39 is 12.1 Å². The quantitative estimate of drug-likeness (QED) is 0.160. The Morgan fingerprint density at radius 2 is 1.87 bits per heavy atom. The summed E-state index contributed by atoms with van der Waals surface area (Å²) in [6, 6.07) is 14.5. The molecule has 39 heavy (non-hydrogen) atoms. The molecule has 0 aliphatic carbocycles. The van der Waals surface area contributed by atoms with Crippen molar-refractivity contribution in [1.82, 2.24) is 14.8 Å². The molecule has 204 valence electrons. The molecule has 0 saturated heterocycles. The van der Waals surface area contributed by atoms with Crippen molar-refractivity contribution in [1.29, 1.82) is 0 Å². The summed E-state index contributed by atoms with van der Waals surface area (Å²) in [4.78, 5) is 25.5. The van der Waals surface area contributed by atoms with E-state index in [9.17, 15) is 9.59 Å². The number of amides is 1. The third-order valence-electron chi connectivity index (χ3n) is 5.73. The third kappa shape index (κ3) is 6.55. The summed E-state index contributed by atoms with van der Waals surface area (Å²) in [5.41, 5.74) is 1.77. The number of ether oxygens (including phenoxy) is 3. The van der Waals surface area contributed by atoms with E-state index in [-0.39, 0.29) is 11.7 Å². The first-order chi connectivity index (χ1) is 18.9. The predicted octanol–water partition coefficient (Wildman–Crippen LogP) is 6.35. The van der Waals surface area contributed by atoms with E-state index >= 15 is 0 Å². The van der Waals surface area contributed by atoms with Crippen LogP contribution < -0.4 is 14.8 Å². The lowest BCUT2D eigenvalue weighted by Crippen LogP contribution is -2.17. The van der Waals surface area contributed by atoms with Gasteiger partial charge in [0.1, 0.15) is 22.1 Å². The van der Waals surface area contributed by atoms with Crippen molar-refractivity contribution in [3.8, 4) is 22.6 Å². The minimum atomic E-state index is -0.534. The van der Waals surface area contributed by atoms with Gasteiger partial charge in [0.2, 0.25) is 5.91 Å². The number of anilines is 1. The summed E-state index contributed by atoms with van der Waals surface area (Å²) in [5, 5.41) is 14.7. The number of methoxy groups -OCH3 is 2. The number of carbonyl (C=O) groups is 2. The van der Waals surface area contributed by atoms with Crippen molar-refractivity contribution in [3.63, 3.8) is 0 Å². The average Bonchev–Trinajstić information content (AvgIpc) is 3.56. The van der Waals surface area contributed by atoms with Gasteiger partial charge in [-0.05, 0) is 43.7 Å². The molecule has 12 heteroatoms. The summed E-state index contributed by atoms with van der Waals surface area (Å²) >= 11 is 8.73. The Kier molecular flexibility index (Phi) is 9.50. The number of rotatable bonds is 11. The van der Waals surface area contributed by atoms with Crippen molar-refractivity contribution in [2.24, 2.45) is 0 Å². The Labute approximate surface area is 239 Å². The number of aromatic nitrogens is 3. The SMILES string of the molecule is CCn1c(SCC(=O)Nc2scc(-c3ccc(OC)cc3)c2C(=O)OC)nnc1C(C)Oc1ccccc1Cl. The van der Waals surface area contributed by atoms with Crippen LogP contribution in [0.4, 0.5) is 5.00 Å². The number of hydrogen-bond acceptors (Lipinski definition) is 9. The summed E-state index contributed by atoms with van der Waals surface area (Å²) in [5.74, 6) is 1.11.